The molecule has 2 aromatic rings. The number of aromatic nitrogens is 2. The fraction of sp³-hybridized carbons (Fsp3) is 0.455. The lowest BCUT2D eigenvalue weighted by Crippen LogP contribution is -2.51. The maximum Gasteiger partial charge on any atom is 0.243 e. The van der Waals surface area contributed by atoms with E-state index in [4.69, 9.17) is 35.8 Å². The van der Waals surface area contributed by atoms with Crippen LogP contribution < -0.4 is 10.2 Å². The zero-order chi connectivity index (χ0) is 23.1. The highest BCUT2D eigenvalue weighted by Crippen LogP contribution is 2.41. The third-order valence-corrected chi connectivity index (χ3v) is 8.00. The molecule has 1 aromatic heterocycles. The van der Waals surface area contributed by atoms with Crippen molar-refractivity contribution in [2.45, 2.75) is 37.3 Å². The summed E-state index contributed by atoms with van der Waals surface area (Å²) in [5.74, 6) is -0.422. The van der Waals surface area contributed by atoms with E-state index in [2.05, 4.69) is 48.4 Å². The van der Waals surface area contributed by atoms with Gasteiger partial charge in [0.15, 0.2) is 5.15 Å². The Kier molecular flexibility index (Phi) is 6.50. The lowest BCUT2D eigenvalue weighted by Gasteiger charge is -2.36. The van der Waals surface area contributed by atoms with Crippen molar-refractivity contribution >= 4 is 53.3 Å². The Morgan fingerprint density at radius 2 is 1.94 bits per heavy atom. The van der Waals surface area contributed by atoms with Crippen LogP contribution in [0.1, 0.15) is 34.9 Å². The van der Waals surface area contributed by atoms with E-state index in [9.17, 15) is 9.59 Å². The van der Waals surface area contributed by atoms with Gasteiger partial charge in [0, 0.05) is 45.7 Å². The van der Waals surface area contributed by atoms with E-state index in [0.717, 1.165) is 44.0 Å². The number of hydrogen-bond donors (Lipinski definition) is 2. The van der Waals surface area contributed by atoms with Gasteiger partial charge in [-0.15, -0.1) is 5.10 Å². The minimum absolute atomic E-state index is 0.160. The summed E-state index contributed by atoms with van der Waals surface area (Å²) in [5.41, 5.74) is 4.44. The molecule has 2 atom stereocenters. The van der Waals surface area contributed by atoms with Crippen LogP contribution in [0.4, 0.5) is 5.69 Å². The summed E-state index contributed by atoms with van der Waals surface area (Å²) in [5, 5.41) is 10.7. The van der Waals surface area contributed by atoms with Crippen molar-refractivity contribution in [3.8, 4) is 0 Å². The molecule has 2 unspecified atom stereocenters. The first-order valence-corrected chi connectivity index (χ1v) is 12.2. The average Bonchev–Trinajstić information content (AvgIpc) is 3.14. The Morgan fingerprint density at radius 1 is 1.15 bits per heavy atom. The van der Waals surface area contributed by atoms with E-state index < -0.39 is 0 Å². The maximum atomic E-state index is 12.4. The van der Waals surface area contributed by atoms with Crippen LogP contribution in [0, 0.1) is 0 Å². The van der Waals surface area contributed by atoms with Crippen LogP contribution in [0.25, 0.3) is 0 Å². The van der Waals surface area contributed by atoms with Gasteiger partial charge in [-0.25, -0.2) is 0 Å². The molecule has 5 rings (SSSR count). The fourth-order valence-electron chi connectivity index (χ4n) is 4.91. The van der Waals surface area contributed by atoms with E-state index in [1.807, 2.05) is 0 Å². The van der Waals surface area contributed by atoms with Crippen LogP contribution in [0.15, 0.2) is 24.4 Å². The fourth-order valence-corrected chi connectivity index (χ4v) is 5.74. The van der Waals surface area contributed by atoms with Gasteiger partial charge < -0.3 is 4.90 Å². The smallest absolute Gasteiger partial charge is 0.243 e. The van der Waals surface area contributed by atoms with E-state index in [1.165, 1.54) is 11.1 Å². The molecule has 1 N–H and O–H groups in total. The number of nitrogens with one attached hydrogen (secondary N) is 1. The number of anilines is 1. The number of imide groups is 1. The highest BCUT2D eigenvalue weighted by atomic mass is 35.5. The number of hydrogen-bond acceptors (Lipinski definition) is 8. The quantitative estimate of drug-likeness (QED) is 0.487. The van der Waals surface area contributed by atoms with E-state index in [1.54, 1.807) is 6.20 Å². The van der Waals surface area contributed by atoms with Crippen molar-refractivity contribution in [1.29, 1.82) is 0 Å². The second-order valence-electron chi connectivity index (χ2n) is 8.60. The summed E-state index contributed by atoms with van der Waals surface area (Å²) < 4.78 is 0. The minimum Gasteiger partial charge on any atom is -0.366 e. The number of fused-ring (bicyclic) bond motifs is 1. The molecule has 3 aliphatic heterocycles. The maximum absolute atomic E-state index is 12.4. The van der Waals surface area contributed by atoms with Crippen LogP contribution in [0.3, 0.4) is 0 Å². The van der Waals surface area contributed by atoms with E-state index in [0.29, 0.717) is 24.4 Å². The molecule has 0 bridgehead atoms. The second kappa shape index (κ2) is 9.38. The number of amides is 2. The number of benzene rings is 1. The molecule has 11 heteroatoms. The molecule has 1 aromatic carbocycles. The number of nitrogens with zero attached hydrogens (tertiary/aromatic N) is 5. The third-order valence-electron chi connectivity index (χ3n) is 6.69. The van der Waals surface area contributed by atoms with Crippen molar-refractivity contribution in [1.82, 2.24) is 25.3 Å². The lowest BCUT2D eigenvalue weighted by molar-refractivity contribution is -0.137. The van der Waals surface area contributed by atoms with Crippen LogP contribution in [-0.2, 0) is 22.7 Å². The zero-order valence-corrected chi connectivity index (χ0v) is 20.3. The Bertz CT molecular complexity index is 1090. The number of rotatable bonds is 4. The summed E-state index contributed by atoms with van der Waals surface area (Å²) in [4.78, 5) is 30.7. The highest BCUT2D eigenvalue weighted by molar-refractivity contribution is 7.80. The molecule has 33 heavy (non-hydrogen) atoms. The molecule has 0 aliphatic carbocycles. The van der Waals surface area contributed by atoms with Crippen LogP contribution in [0.2, 0.25) is 10.2 Å². The Labute approximate surface area is 207 Å². The standard InChI is InChI=1S/C22H24Cl2N6O2S/c23-19-17(10-25-27-20(19)24)29-8-6-28(7-9-29)11-13-2-1-3-14-15(13)12-30(22(14)33)16-4-5-18(31)26-21(16)32/h1-3,10,16,22,33H,4-9,11-12H2,(H,26,31,32). The van der Waals surface area contributed by atoms with Crippen molar-refractivity contribution in [2.24, 2.45) is 0 Å². The molecule has 2 amide bonds. The molecule has 0 radical (unpaired) electrons. The molecule has 3 aliphatic rings. The van der Waals surface area contributed by atoms with Crippen LogP contribution >= 0.6 is 35.8 Å². The van der Waals surface area contributed by atoms with E-state index in [-0.39, 0.29) is 28.4 Å². The van der Waals surface area contributed by atoms with Gasteiger partial charge >= 0.3 is 0 Å². The normalized spacial score (nSPS) is 24.2. The molecule has 2 saturated heterocycles. The SMILES string of the molecule is O=C1CCC(N2Cc3c(CN4CCN(c5cnnc(Cl)c5Cl)CC4)cccc3C2S)C(=O)N1. The molecule has 8 nitrogen and oxygen atoms in total. The third kappa shape index (κ3) is 4.44. The van der Waals surface area contributed by atoms with Crippen molar-refractivity contribution in [3.63, 3.8) is 0 Å². The number of halogens is 2. The molecule has 0 spiro atoms. The van der Waals surface area contributed by atoms with Crippen LogP contribution in [0.5, 0.6) is 0 Å². The first kappa shape index (κ1) is 22.9. The van der Waals surface area contributed by atoms with Gasteiger partial charge in [-0.3, -0.25) is 24.7 Å². The molecule has 4 heterocycles. The topological polar surface area (TPSA) is 81.7 Å². The zero-order valence-electron chi connectivity index (χ0n) is 17.9. The first-order chi connectivity index (χ1) is 15.9. The van der Waals surface area contributed by atoms with Crippen LogP contribution in [-0.4, -0.2) is 64.0 Å². The average molecular weight is 507 g/mol. The summed E-state index contributed by atoms with van der Waals surface area (Å²) in [7, 11) is 0. The van der Waals surface area contributed by atoms with Gasteiger partial charge in [-0.05, 0) is 23.1 Å². The Hall–Kier alpha value is -1.91. The Morgan fingerprint density at radius 3 is 2.70 bits per heavy atom. The van der Waals surface area contributed by atoms with Gasteiger partial charge in [0.2, 0.25) is 11.8 Å². The molecular formula is C22H24Cl2N6O2S. The number of piperazine rings is 1. The molecule has 174 valence electrons. The van der Waals surface area contributed by atoms with Gasteiger partial charge in [-0.1, -0.05) is 41.4 Å². The largest absolute Gasteiger partial charge is 0.366 e. The number of piperidine rings is 1. The van der Waals surface area contributed by atoms with Crippen molar-refractivity contribution in [2.75, 3.05) is 31.1 Å². The van der Waals surface area contributed by atoms with Gasteiger partial charge in [0.25, 0.3) is 0 Å². The van der Waals surface area contributed by atoms with Gasteiger partial charge in [-0.2, -0.15) is 17.7 Å². The van der Waals surface area contributed by atoms with Crippen molar-refractivity contribution < 1.29 is 9.59 Å². The summed E-state index contributed by atoms with van der Waals surface area (Å²) >= 11 is 17.2. The molecular weight excluding hydrogens is 483 g/mol. The summed E-state index contributed by atoms with van der Waals surface area (Å²) in [6.07, 6.45) is 2.55. The van der Waals surface area contributed by atoms with Gasteiger partial charge in [0.05, 0.1) is 23.3 Å². The second-order valence-corrected chi connectivity index (χ2v) is 9.82. The van der Waals surface area contributed by atoms with Gasteiger partial charge in [0.1, 0.15) is 5.02 Å². The Balaban J connectivity index is 1.26. The molecule has 0 saturated carbocycles. The van der Waals surface area contributed by atoms with Crippen molar-refractivity contribution in [3.05, 3.63) is 51.3 Å². The number of carbonyl (C=O) groups excluding carboxylic acids is 2. The summed E-state index contributed by atoms with van der Waals surface area (Å²) in [6.45, 7) is 4.86. The highest BCUT2D eigenvalue weighted by Gasteiger charge is 2.39. The number of thiol groups is 1. The van der Waals surface area contributed by atoms with E-state index >= 15 is 0 Å². The monoisotopic (exact) mass is 506 g/mol. The predicted octanol–water partition coefficient (Wildman–Crippen LogP) is 2.65. The minimum atomic E-state index is -0.334. The molecule has 2 fully saturated rings. The predicted molar refractivity (Wildman–Crippen MR) is 129 cm³/mol. The lowest BCUT2D eigenvalue weighted by atomic mass is 10.0. The number of carbonyl (C=O) groups is 2. The first-order valence-electron chi connectivity index (χ1n) is 10.9. The summed E-state index contributed by atoms with van der Waals surface area (Å²) in [6, 6.07) is 5.97.